The van der Waals surface area contributed by atoms with Gasteiger partial charge in [-0.2, -0.15) is 0 Å². The molecule has 8 nitrogen and oxygen atoms in total. The molecule has 1 amide bonds. The fourth-order valence-corrected chi connectivity index (χ4v) is 4.55. The zero-order chi connectivity index (χ0) is 22.1. The highest BCUT2D eigenvalue weighted by Crippen LogP contribution is 2.30. The van der Waals surface area contributed by atoms with Crippen LogP contribution in [0.4, 0.5) is 21.7 Å². The molecule has 2 atom stereocenters. The van der Waals surface area contributed by atoms with E-state index in [1.807, 2.05) is 44.2 Å². The fraction of sp³-hybridized carbons (Fsp3) is 0.381. The average Bonchev–Trinajstić information content (AvgIpc) is 3.22. The van der Waals surface area contributed by atoms with Crippen molar-refractivity contribution in [2.24, 2.45) is 5.73 Å². The second kappa shape index (κ2) is 8.74. The minimum atomic E-state index is -0.755. The molecule has 3 aromatic rings. The van der Waals surface area contributed by atoms with E-state index in [1.165, 1.54) is 11.3 Å². The van der Waals surface area contributed by atoms with Gasteiger partial charge in [0, 0.05) is 19.3 Å². The van der Waals surface area contributed by atoms with Crippen LogP contribution >= 0.6 is 11.3 Å². The number of nitrogens with one attached hydrogen (secondary N) is 1. The van der Waals surface area contributed by atoms with Crippen LogP contribution in [0.5, 0.6) is 0 Å². The van der Waals surface area contributed by atoms with Gasteiger partial charge in [-0.1, -0.05) is 0 Å². The number of amides is 1. The Balaban J connectivity index is 1.71. The minimum absolute atomic E-state index is 0.00406. The molecule has 1 saturated heterocycles. The van der Waals surface area contributed by atoms with Gasteiger partial charge in [-0.05, 0) is 44.8 Å². The first-order chi connectivity index (χ1) is 14.8. The van der Waals surface area contributed by atoms with Crippen LogP contribution in [-0.2, 0) is 4.74 Å². The Morgan fingerprint density at radius 3 is 2.84 bits per heavy atom. The number of likely N-dealkylation sites (N-methyl/N-ethyl adjacent to an activating group) is 2. The summed E-state index contributed by atoms with van der Waals surface area (Å²) in [6.07, 6.45) is 0.737. The maximum Gasteiger partial charge on any atom is 0.252 e. The van der Waals surface area contributed by atoms with E-state index in [-0.39, 0.29) is 29.3 Å². The Morgan fingerprint density at radius 1 is 1.29 bits per heavy atom. The summed E-state index contributed by atoms with van der Waals surface area (Å²) in [6, 6.07) is 6.88. The minimum Gasteiger partial charge on any atom is -0.380 e. The zero-order valence-electron chi connectivity index (χ0n) is 17.6. The van der Waals surface area contributed by atoms with Crippen LogP contribution in [0.15, 0.2) is 29.8 Å². The standard InChI is InChI=1S/C21H25FN6O2S/c1-27(2)17-10-30-7-6-16(17)28(3)21-14(22)9-13(19(23)29)20(26-21)25-12-4-5-18-15(8-12)24-11-31-18/h4-5,8-9,11,16-17H,6-7,10H2,1-3H3,(H2,23,29)(H,25,26). The molecule has 2 unspecified atom stereocenters. The van der Waals surface area contributed by atoms with Gasteiger partial charge in [0.25, 0.3) is 5.91 Å². The van der Waals surface area contributed by atoms with Gasteiger partial charge in [-0.3, -0.25) is 4.79 Å². The van der Waals surface area contributed by atoms with Gasteiger partial charge in [0.2, 0.25) is 0 Å². The molecular weight excluding hydrogens is 419 g/mol. The van der Waals surface area contributed by atoms with E-state index in [2.05, 4.69) is 20.2 Å². The van der Waals surface area contributed by atoms with Crippen molar-refractivity contribution in [3.8, 4) is 0 Å². The van der Waals surface area contributed by atoms with Crippen molar-refractivity contribution in [2.45, 2.75) is 18.5 Å². The third-order valence-electron chi connectivity index (χ3n) is 5.60. The highest BCUT2D eigenvalue weighted by molar-refractivity contribution is 7.16. The number of primary amides is 1. The molecule has 0 aliphatic carbocycles. The van der Waals surface area contributed by atoms with Crippen LogP contribution in [0.1, 0.15) is 16.8 Å². The number of nitrogens with two attached hydrogens (primary N) is 1. The van der Waals surface area contributed by atoms with Crippen molar-refractivity contribution in [3.05, 3.63) is 41.2 Å². The Labute approximate surface area is 183 Å². The summed E-state index contributed by atoms with van der Waals surface area (Å²) in [5.74, 6) is -0.990. The quantitative estimate of drug-likeness (QED) is 0.603. The van der Waals surface area contributed by atoms with Gasteiger partial charge in [0.15, 0.2) is 11.6 Å². The number of fused-ring (bicyclic) bond motifs is 1. The number of carbonyl (C=O) groups excluding carboxylic acids is 1. The van der Waals surface area contributed by atoms with Gasteiger partial charge in [-0.15, -0.1) is 11.3 Å². The molecule has 0 saturated carbocycles. The van der Waals surface area contributed by atoms with E-state index in [1.54, 1.807) is 5.51 Å². The predicted molar refractivity (Wildman–Crippen MR) is 121 cm³/mol. The predicted octanol–water partition coefficient (Wildman–Crippen LogP) is 2.83. The monoisotopic (exact) mass is 444 g/mol. The molecule has 164 valence electrons. The number of halogens is 1. The maximum atomic E-state index is 15.0. The Kier molecular flexibility index (Phi) is 6.03. The second-order valence-electron chi connectivity index (χ2n) is 7.79. The largest absolute Gasteiger partial charge is 0.380 e. The van der Waals surface area contributed by atoms with E-state index in [4.69, 9.17) is 10.5 Å². The summed E-state index contributed by atoms with van der Waals surface area (Å²) in [5.41, 5.74) is 8.78. The smallest absolute Gasteiger partial charge is 0.252 e. The van der Waals surface area contributed by atoms with Crippen molar-refractivity contribution >= 4 is 44.8 Å². The number of anilines is 3. The number of nitrogens with zero attached hydrogens (tertiary/aromatic N) is 4. The molecule has 3 N–H and O–H groups in total. The number of pyridine rings is 1. The number of benzene rings is 1. The van der Waals surface area contributed by atoms with Crippen molar-refractivity contribution in [3.63, 3.8) is 0 Å². The third-order valence-corrected chi connectivity index (χ3v) is 6.41. The molecule has 0 radical (unpaired) electrons. The van der Waals surface area contributed by atoms with Crippen LogP contribution in [0.3, 0.4) is 0 Å². The topological polar surface area (TPSA) is 96.6 Å². The Morgan fingerprint density at radius 2 is 2.10 bits per heavy atom. The van der Waals surface area contributed by atoms with Crippen LogP contribution in [0.2, 0.25) is 0 Å². The Bertz CT molecular complexity index is 1100. The number of hydrogen-bond acceptors (Lipinski definition) is 8. The lowest BCUT2D eigenvalue weighted by atomic mass is 10.0. The number of aromatic nitrogens is 2. The van der Waals surface area contributed by atoms with Crippen molar-refractivity contribution in [2.75, 3.05) is 44.6 Å². The van der Waals surface area contributed by atoms with Gasteiger partial charge in [0.05, 0.1) is 40.0 Å². The highest BCUT2D eigenvalue weighted by Gasteiger charge is 2.33. The molecule has 1 fully saturated rings. The lowest BCUT2D eigenvalue weighted by Gasteiger charge is -2.41. The third kappa shape index (κ3) is 4.32. The summed E-state index contributed by atoms with van der Waals surface area (Å²) >= 11 is 1.54. The number of ether oxygens (including phenoxy) is 1. The lowest BCUT2D eigenvalue weighted by Crippen LogP contribution is -2.54. The molecule has 1 aliphatic rings. The molecule has 1 aromatic carbocycles. The lowest BCUT2D eigenvalue weighted by molar-refractivity contribution is 0.0224. The zero-order valence-corrected chi connectivity index (χ0v) is 18.4. The molecule has 1 aliphatic heterocycles. The Hall–Kier alpha value is -2.82. The van der Waals surface area contributed by atoms with E-state index < -0.39 is 11.7 Å². The van der Waals surface area contributed by atoms with Crippen LogP contribution in [-0.4, -0.2) is 67.2 Å². The summed E-state index contributed by atoms with van der Waals surface area (Å²) in [5, 5.41) is 3.12. The van der Waals surface area contributed by atoms with E-state index >= 15 is 4.39 Å². The van der Waals surface area contributed by atoms with Crippen LogP contribution < -0.4 is 16.0 Å². The summed E-state index contributed by atoms with van der Waals surface area (Å²) < 4.78 is 21.7. The van der Waals surface area contributed by atoms with Crippen molar-refractivity contribution in [1.29, 1.82) is 0 Å². The van der Waals surface area contributed by atoms with Crippen LogP contribution in [0.25, 0.3) is 10.2 Å². The first-order valence-electron chi connectivity index (χ1n) is 9.92. The molecule has 0 bridgehead atoms. The molecule has 2 aromatic heterocycles. The van der Waals surface area contributed by atoms with E-state index in [9.17, 15) is 4.79 Å². The van der Waals surface area contributed by atoms with Crippen molar-refractivity contribution in [1.82, 2.24) is 14.9 Å². The van der Waals surface area contributed by atoms with E-state index in [0.29, 0.717) is 18.9 Å². The van der Waals surface area contributed by atoms with Crippen molar-refractivity contribution < 1.29 is 13.9 Å². The average molecular weight is 445 g/mol. The number of carbonyl (C=O) groups is 1. The molecular formula is C21H25FN6O2S. The molecule has 4 rings (SSSR count). The maximum absolute atomic E-state index is 15.0. The number of thiazole rings is 1. The number of hydrogen-bond donors (Lipinski definition) is 2. The molecule has 31 heavy (non-hydrogen) atoms. The first-order valence-corrected chi connectivity index (χ1v) is 10.8. The molecule has 10 heteroatoms. The summed E-state index contributed by atoms with van der Waals surface area (Å²) in [4.78, 5) is 24.7. The van der Waals surface area contributed by atoms with Gasteiger partial charge in [-0.25, -0.2) is 14.4 Å². The molecule has 3 heterocycles. The van der Waals surface area contributed by atoms with Gasteiger partial charge >= 0.3 is 0 Å². The van der Waals surface area contributed by atoms with Gasteiger partial charge in [0.1, 0.15) is 5.82 Å². The summed E-state index contributed by atoms with van der Waals surface area (Å²) in [7, 11) is 5.76. The second-order valence-corrected chi connectivity index (χ2v) is 8.67. The van der Waals surface area contributed by atoms with E-state index in [0.717, 1.165) is 22.7 Å². The first kappa shape index (κ1) is 21.4. The highest BCUT2D eigenvalue weighted by atomic mass is 32.1. The SMILES string of the molecule is CN(C)C1COCCC1N(C)c1nc(Nc2ccc3scnc3c2)c(C(N)=O)cc1F. The molecule has 0 spiro atoms. The van der Waals surface area contributed by atoms with Crippen LogP contribution in [0, 0.1) is 5.82 Å². The number of rotatable bonds is 6. The normalized spacial score (nSPS) is 19.0. The fourth-order valence-electron chi connectivity index (χ4n) is 3.90. The summed E-state index contributed by atoms with van der Waals surface area (Å²) in [6.45, 7) is 1.15. The van der Waals surface area contributed by atoms with Gasteiger partial charge < -0.3 is 25.6 Å².